The molecule has 0 saturated heterocycles. The first-order chi connectivity index (χ1) is 11.4. The lowest BCUT2D eigenvalue weighted by Gasteiger charge is -2.22. The Balaban J connectivity index is 2.65. The van der Waals surface area contributed by atoms with Gasteiger partial charge in [-0.1, -0.05) is 24.3 Å². The zero-order valence-electron chi connectivity index (χ0n) is 14.2. The largest absolute Gasteiger partial charge is 0.496 e. The van der Waals surface area contributed by atoms with Crippen molar-refractivity contribution >= 4 is 18.2 Å². The van der Waals surface area contributed by atoms with Gasteiger partial charge in [-0.25, -0.2) is 0 Å². The first-order valence-electron chi connectivity index (χ1n) is 7.54. The van der Waals surface area contributed by atoms with Gasteiger partial charge in [0.1, 0.15) is 17.1 Å². The Morgan fingerprint density at radius 2 is 1.46 bits per heavy atom. The van der Waals surface area contributed by atoms with Crippen LogP contribution < -0.4 is 14.8 Å². The van der Waals surface area contributed by atoms with E-state index in [-0.39, 0.29) is 11.7 Å². The molecule has 1 unspecified atom stereocenters. The van der Waals surface area contributed by atoms with Gasteiger partial charge in [0.15, 0.2) is 0 Å². The number of hydrogen-bond donors (Lipinski definition) is 0. The smallest absolute Gasteiger partial charge is 0.301 e. The highest BCUT2D eigenvalue weighted by Gasteiger charge is 2.40. The zero-order valence-corrected chi connectivity index (χ0v) is 15.1. The van der Waals surface area contributed by atoms with Gasteiger partial charge in [-0.15, -0.1) is 0 Å². The van der Waals surface area contributed by atoms with Gasteiger partial charge in [-0.05, 0) is 38.1 Å². The van der Waals surface area contributed by atoms with Crippen LogP contribution in [0.25, 0.3) is 0 Å². The first-order valence-corrected chi connectivity index (χ1v) is 9.16. The van der Waals surface area contributed by atoms with Crippen LogP contribution in [0, 0.1) is 0 Å². The molecule has 0 aliphatic carbocycles. The van der Waals surface area contributed by atoms with E-state index in [1.54, 1.807) is 62.4 Å². The van der Waals surface area contributed by atoms with Crippen molar-refractivity contribution in [3.8, 4) is 11.5 Å². The van der Waals surface area contributed by atoms with Crippen molar-refractivity contribution in [3.63, 3.8) is 0 Å². The van der Waals surface area contributed by atoms with Gasteiger partial charge in [-0.2, -0.15) is 0 Å². The Hall–Kier alpha value is -2.10. The Morgan fingerprint density at radius 1 is 0.917 bits per heavy atom. The van der Waals surface area contributed by atoms with Gasteiger partial charge in [0.2, 0.25) is 0 Å². The fourth-order valence-electron chi connectivity index (χ4n) is 2.36. The van der Waals surface area contributed by atoms with E-state index >= 15 is 0 Å². The van der Waals surface area contributed by atoms with Crippen LogP contribution in [0.2, 0.25) is 0 Å². The van der Waals surface area contributed by atoms with E-state index in [4.69, 9.17) is 14.0 Å². The van der Waals surface area contributed by atoms with Crippen molar-refractivity contribution in [3.05, 3.63) is 54.1 Å². The van der Waals surface area contributed by atoms with Crippen molar-refractivity contribution in [2.75, 3.05) is 14.2 Å². The van der Waals surface area contributed by atoms with Crippen LogP contribution in [0.5, 0.6) is 11.5 Å². The summed E-state index contributed by atoms with van der Waals surface area (Å²) < 4.78 is 29.7. The molecule has 0 heterocycles. The molecule has 6 heteroatoms. The molecule has 2 aromatic carbocycles. The van der Waals surface area contributed by atoms with E-state index in [9.17, 15) is 9.36 Å². The molecule has 0 aromatic heterocycles. The lowest BCUT2D eigenvalue weighted by molar-refractivity contribution is 0.104. The monoisotopic (exact) mass is 348 g/mol. The van der Waals surface area contributed by atoms with Crippen LogP contribution in [-0.2, 0) is 9.09 Å². The summed E-state index contributed by atoms with van der Waals surface area (Å²) >= 11 is 0. The second-order valence-electron chi connectivity index (χ2n) is 5.38. The van der Waals surface area contributed by atoms with Crippen LogP contribution in [0.4, 0.5) is 0 Å². The van der Waals surface area contributed by atoms with Crippen molar-refractivity contribution in [1.29, 1.82) is 0 Å². The third kappa shape index (κ3) is 3.53. The summed E-state index contributed by atoms with van der Waals surface area (Å²) in [5, 5.41) is 0.344. The Kier molecular flexibility index (Phi) is 5.81. The molecule has 24 heavy (non-hydrogen) atoms. The van der Waals surface area contributed by atoms with Gasteiger partial charge in [0, 0.05) is 5.30 Å². The summed E-state index contributed by atoms with van der Waals surface area (Å²) in [6, 6.07) is 13.4. The Morgan fingerprint density at radius 3 is 1.92 bits per heavy atom. The predicted octanol–water partition coefficient (Wildman–Crippen LogP) is 3.87. The minimum Gasteiger partial charge on any atom is -0.496 e. The standard InChI is InChI=1S/C18H21O5P/c1-13(2)23-24(20,14-9-6-5-7-10-14)18(19)17-15(21-3)11-8-12-16(17)22-4/h5-13H,1-4H3. The second kappa shape index (κ2) is 7.65. The average molecular weight is 348 g/mol. The lowest BCUT2D eigenvalue weighted by atomic mass is 10.2. The molecule has 0 saturated carbocycles. The highest BCUT2D eigenvalue weighted by Crippen LogP contribution is 2.52. The SMILES string of the molecule is COc1cccc(OC)c1C(=O)P(=O)(OC(C)C)c1ccccc1. The molecule has 0 aliphatic rings. The molecule has 5 nitrogen and oxygen atoms in total. The second-order valence-corrected chi connectivity index (χ2v) is 7.62. The molecule has 0 radical (unpaired) electrons. The maximum Gasteiger partial charge on any atom is 0.301 e. The van der Waals surface area contributed by atoms with Crippen molar-refractivity contribution < 1.29 is 23.4 Å². The van der Waals surface area contributed by atoms with E-state index in [0.717, 1.165) is 0 Å². The molecule has 1 atom stereocenters. The van der Waals surface area contributed by atoms with Gasteiger partial charge in [0.05, 0.1) is 20.3 Å². The van der Waals surface area contributed by atoms with Crippen molar-refractivity contribution in [2.45, 2.75) is 20.0 Å². The summed E-state index contributed by atoms with van der Waals surface area (Å²) in [7, 11) is -0.926. The summed E-state index contributed by atoms with van der Waals surface area (Å²) in [6.07, 6.45) is -0.388. The minimum absolute atomic E-state index is 0.121. The normalized spacial score (nSPS) is 13.4. The molecule has 2 rings (SSSR count). The fourth-order valence-corrected chi connectivity index (χ4v) is 4.48. The predicted molar refractivity (Wildman–Crippen MR) is 93.8 cm³/mol. The van der Waals surface area contributed by atoms with Crippen molar-refractivity contribution in [2.24, 2.45) is 0 Å². The van der Waals surface area contributed by atoms with E-state index in [2.05, 4.69) is 0 Å². The Labute approximate surface area is 142 Å². The number of benzene rings is 2. The topological polar surface area (TPSA) is 61.8 Å². The summed E-state index contributed by atoms with van der Waals surface area (Å²) in [4.78, 5) is 13.2. The molecule has 0 N–H and O–H groups in total. The van der Waals surface area contributed by atoms with Crippen molar-refractivity contribution in [1.82, 2.24) is 0 Å². The molecule has 0 amide bonds. The third-order valence-electron chi connectivity index (χ3n) is 3.36. The number of ether oxygens (including phenoxy) is 2. The summed E-state index contributed by atoms with van der Waals surface area (Å²) in [6.45, 7) is 3.48. The molecule has 0 aliphatic heterocycles. The highest BCUT2D eigenvalue weighted by molar-refractivity contribution is 7.83. The minimum atomic E-state index is -3.82. The lowest BCUT2D eigenvalue weighted by Crippen LogP contribution is -2.19. The van der Waals surface area contributed by atoms with Crippen LogP contribution in [0.3, 0.4) is 0 Å². The van der Waals surface area contributed by atoms with Gasteiger partial charge < -0.3 is 14.0 Å². The van der Waals surface area contributed by atoms with Gasteiger partial charge in [-0.3, -0.25) is 9.36 Å². The van der Waals surface area contributed by atoms with E-state index in [1.165, 1.54) is 14.2 Å². The van der Waals surface area contributed by atoms with E-state index in [0.29, 0.717) is 16.8 Å². The number of rotatable bonds is 7. The number of carbonyl (C=O) groups is 1. The zero-order chi connectivity index (χ0) is 17.7. The summed E-state index contributed by atoms with van der Waals surface area (Å²) in [5.74, 6) is 0.589. The van der Waals surface area contributed by atoms with Crippen LogP contribution in [0.15, 0.2) is 48.5 Å². The highest BCUT2D eigenvalue weighted by atomic mass is 31.2. The molecular formula is C18H21O5P. The maximum absolute atomic E-state index is 13.6. The molecule has 0 fully saturated rings. The summed E-state index contributed by atoms with van der Waals surface area (Å²) in [5.41, 5.74) is -0.521. The first kappa shape index (κ1) is 18.2. The molecule has 2 aromatic rings. The molecule has 0 bridgehead atoms. The number of hydrogen-bond acceptors (Lipinski definition) is 5. The van der Waals surface area contributed by atoms with Gasteiger partial charge in [0.25, 0.3) is 5.52 Å². The maximum atomic E-state index is 13.6. The Bertz CT molecular complexity index is 733. The molecule has 0 spiro atoms. The fraction of sp³-hybridized carbons (Fsp3) is 0.278. The molecular weight excluding hydrogens is 327 g/mol. The third-order valence-corrected chi connectivity index (χ3v) is 5.82. The van der Waals surface area contributed by atoms with Gasteiger partial charge >= 0.3 is 7.37 Å². The van der Waals surface area contributed by atoms with Crippen LogP contribution in [-0.4, -0.2) is 25.8 Å². The number of methoxy groups -OCH3 is 2. The van der Waals surface area contributed by atoms with E-state index < -0.39 is 12.9 Å². The van der Waals surface area contributed by atoms with Crippen LogP contribution >= 0.6 is 7.37 Å². The average Bonchev–Trinajstić information content (AvgIpc) is 2.60. The van der Waals surface area contributed by atoms with E-state index in [1.807, 2.05) is 0 Å². The molecule has 128 valence electrons. The van der Waals surface area contributed by atoms with Crippen LogP contribution in [0.1, 0.15) is 24.2 Å². The number of carbonyl (C=O) groups excluding carboxylic acids is 1. The quantitative estimate of drug-likeness (QED) is 0.711.